The largest absolute Gasteiger partial charge is 0.508 e. The standard InChI is InChI=1S/C27H29NO4S/c1-16(12-18-6-8-19(29)9-7-18)5-10-23-24-17(2)13-21-25(22(24)15-32-23)27(31)28(26(21)30)14-20-4-3-11-33-20/h3-4,6-9,11-12,21-23,25,29H,5,10,13-15H2,1-2H3/b16-12+/t21-,22+,23-,25-/m1/s1. The lowest BCUT2D eigenvalue weighted by Gasteiger charge is -2.30. The van der Waals surface area contributed by atoms with Gasteiger partial charge in [0, 0.05) is 10.8 Å². The number of phenolic OH excluding ortho intramolecular Hbond substituents is 1. The Kier molecular flexibility index (Phi) is 5.97. The number of allylic oxidation sites excluding steroid dienone is 2. The highest BCUT2D eigenvalue weighted by molar-refractivity contribution is 7.09. The quantitative estimate of drug-likeness (QED) is 0.474. The Labute approximate surface area is 198 Å². The number of benzene rings is 1. The van der Waals surface area contributed by atoms with Gasteiger partial charge < -0.3 is 9.84 Å². The summed E-state index contributed by atoms with van der Waals surface area (Å²) in [5.74, 6) is -0.296. The molecule has 0 spiro atoms. The molecule has 4 atom stereocenters. The number of nitrogens with zero attached hydrogens (tertiary/aromatic N) is 1. The topological polar surface area (TPSA) is 66.8 Å². The molecule has 2 aliphatic heterocycles. The number of thiophene rings is 1. The van der Waals surface area contributed by atoms with E-state index in [1.807, 2.05) is 29.6 Å². The Hall–Kier alpha value is -2.70. The Balaban J connectivity index is 1.29. The Bertz CT molecular complexity index is 1120. The van der Waals surface area contributed by atoms with Crippen LogP contribution < -0.4 is 0 Å². The molecule has 2 aromatic rings. The third-order valence-electron chi connectivity index (χ3n) is 7.24. The molecule has 172 valence electrons. The zero-order valence-corrected chi connectivity index (χ0v) is 19.8. The summed E-state index contributed by atoms with van der Waals surface area (Å²) in [5.41, 5.74) is 4.79. The summed E-state index contributed by atoms with van der Waals surface area (Å²) < 4.78 is 6.22. The number of fused-ring (bicyclic) bond motifs is 3. The van der Waals surface area contributed by atoms with Crippen molar-refractivity contribution in [3.63, 3.8) is 0 Å². The second-order valence-electron chi connectivity index (χ2n) is 9.46. The second-order valence-corrected chi connectivity index (χ2v) is 10.5. The van der Waals surface area contributed by atoms with Crippen LogP contribution in [0.4, 0.5) is 0 Å². The monoisotopic (exact) mass is 463 g/mol. The number of rotatable bonds is 6. The van der Waals surface area contributed by atoms with E-state index in [9.17, 15) is 14.7 Å². The van der Waals surface area contributed by atoms with E-state index in [4.69, 9.17) is 4.74 Å². The number of carbonyl (C=O) groups excluding carboxylic acids is 2. The van der Waals surface area contributed by atoms with Gasteiger partial charge in [-0.15, -0.1) is 11.3 Å². The van der Waals surface area contributed by atoms with Gasteiger partial charge in [0.1, 0.15) is 5.75 Å². The molecular formula is C27H29NO4S. The molecule has 2 amide bonds. The molecule has 0 bridgehead atoms. The molecule has 0 radical (unpaired) electrons. The maximum atomic E-state index is 13.3. The van der Waals surface area contributed by atoms with Crippen LogP contribution in [0.25, 0.3) is 6.08 Å². The average Bonchev–Trinajstić information content (AvgIpc) is 3.51. The summed E-state index contributed by atoms with van der Waals surface area (Å²) in [5, 5.41) is 11.4. The first-order chi connectivity index (χ1) is 15.9. The van der Waals surface area contributed by atoms with E-state index in [1.165, 1.54) is 21.6 Å². The molecule has 5 rings (SSSR count). The molecule has 1 aliphatic carbocycles. The normalized spacial score (nSPS) is 27.3. The highest BCUT2D eigenvalue weighted by atomic mass is 32.1. The van der Waals surface area contributed by atoms with E-state index >= 15 is 0 Å². The lowest BCUT2D eigenvalue weighted by Crippen LogP contribution is -2.34. The number of amides is 2. The fraction of sp³-hybridized carbons (Fsp3) is 0.407. The number of hydrogen-bond donors (Lipinski definition) is 1. The predicted molar refractivity (Wildman–Crippen MR) is 128 cm³/mol. The summed E-state index contributed by atoms with van der Waals surface area (Å²) in [7, 11) is 0. The van der Waals surface area contributed by atoms with Crippen LogP contribution in [0.5, 0.6) is 5.75 Å². The molecule has 2 fully saturated rings. The summed E-state index contributed by atoms with van der Waals surface area (Å²) in [6.45, 7) is 5.12. The van der Waals surface area contributed by atoms with Gasteiger partial charge >= 0.3 is 0 Å². The highest BCUT2D eigenvalue weighted by Crippen LogP contribution is 2.50. The van der Waals surface area contributed by atoms with E-state index in [0.717, 1.165) is 23.3 Å². The van der Waals surface area contributed by atoms with Crippen LogP contribution in [0.15, 0.2) is 58.5 Å². The summed E-state index contributed by atoms with van der Waals surface area (Å²) in [6, 6.07) is 11.1. The van der Waals surface area contributed by atoms with Gasteiger partial charge in [-0.05, 0) is 67.8 Å². The van der Waals surface area contributed by atoms with Crippen LogP contribution in [0.2, 0.25) is 0 Å². The van der Waals surface area contributed by atoms with Gasteiger partial charge in [0.15, 0.2) is 0 Å². The van der Waals surface area contributed by atoms with Gasteiger partial charge in [0.05, 0.1) is 31.1 Å². The van der Waals surface area contributed by atoms with Crippen LogP contribution in [0.1, 0.15) is 43.6 Å². The molecule has 5 nitrogen and oxygen atoms in total. The zero-order valence-electron chi connectivity index (χ0n) is 19.0. The number of imide groups is 1. The van der Waals surface area contributed by atoms with Gasteiger partial charge in [-0.1, -0.05) is 35.4 Å². The molecular weight excluding hydrogens is 434 g/mol. The van der Waals surface area contributed by atoms with Gasteiger partial charge in [0.2, 0.25) is 11.8 Å². The molecule has 6 heteroatoms. The van der Waals surface area contributed by atoms with Crippen molar-refractivity contribution in [1.82, 2.24) is 4.90 Å². The molecule has 3 aliphatic rings. The number of carbonyl (C=O) groups is 2. The molecule has 3 heterocycles. The molecule has 1 N–H and O–H groups in total. The average molecular weight is 464 g/mol. The van der Waals surface area contributed by atoms with E-state index in [0.29, 0.717) is 19.6 Å². The van der Waals surface area contributed by atoms with Gasteiger partial charge in [-0.2, -0.15) is 0 Å². The van der Waals surface area contributed by atoms with Crippen molar-refractivity contribution in [1.29, 1.82) is 0 Å². The molecule has 1 aromatic carbocycles. The second kappa shape index (κ2) is 8.92. The van der Waals surface area contributed by atoms with Crippen molar-refractivity contribution < 1.29 is 19.4 Å². The van der Waals surface area contributed by atoms with E-state index < -0.39 is 0 Å². The van der Waals surface area contributed by atoms with Crippen LogP contribution in [0.3, 0.4) is 0 Å². The third-order valence-corrected chi connectivity index (χ3v) is 8.11. The van der Waals surface area contributed by atoms with Crippen molar-refractivity contribution in [3.8, 4) is 5.75 Å². The maximum absolute atomic E-state index is 13.3. The van der Waals surface area contributed by atoms with Crippen molar-refractivity contribution in [3.05, 3.63) is 68.9 Å². The van der Waals surface area contributed by atoms with Crippen molar-refractivity contribution in [2.45, 2.75) is 45.8 Å². The number of likely N-dealkylation sites (tertiary alicyclic amines) is 1. The predicted octanol–water partition coefficient (Wildman–Crippen LogP) is 5.17. The minimum atomic E-state index is -0.283. The summed E-state index contributed by atoms with van der Waals surface area (Å²) in [6.07, 6.45) is 4.55. The molecule has 2 saturated heterocycles. The highest BCUT2D eigenvalue weighted by Gasteiger charge is 2.56. The van der Waals surface area contributed by atoms with E-state index in [1.54, 1.807) is 23.5 Å². The van der Waals surface area contributed by atoms with Crippen molar-refractivity contribution >= 4 is 29.2 Å². The Morgan fingerprint density at radius 2 is 1.97 bits per heavy atom. The van der Waals surface area contributed by atoms with Crippen LogP contribution >= 0.6 is 11.3 Å². The molecule has 0 unspecified atom stereocenters. The lowest BCUT2D eigenvalue weighted by atomic mass is 9.70. The lowest BCUT2D eigenvalue weighted by molar-refractivity contribution is -0.140. The van der Waals surface area contributed by atoms with E-state index in [-0.39, 0.29) is 41.4 Å². The van der Waals surface area contributed by atoms with Crippen molar-refractivity contribution in [2.24, 2.45) is 17.8 Å². The number of phenols is 1. The SMILES string of the molecule is CC1=C2[C@@H](CC/C(C)=C/c3ccc(O)cc3)OC[C@@H]2[C@@H]2C(=O)N(Cc3cccs3)C(=O)[C@@H]2C1. The number of aromatic hydroxyl groups is 1. The van der Waals surface area contributed by atoms with E-state index in [2.05, 4.69) is 19.9 Å². The summed E-state index contributed by atoms with van der Waals surface area (Å²) in [4.78, 5) is 29.0. The van der Waals surface area contributed by atoms with Crippen LogP contribution in [-0.4, -0.2) is 34.5 Å². The fourth-order valence-electron chi connectivity index (χ4n) is 5.69. The molecule has 33 heavy (non-hydrogen) atoms. The van der Waals surface area contributed by atoms with Gasteiger partial charge in [0.25, 0.3) is 0 Å². The Morgan fingerprint density at radius 1 is 1.18 bits per heavy atom. The minimum absolute atomic E-state index is 0.00775. The summed E-state index contributed by atoms with van der Waals surface area (Å²) >= 11 is 1.58. The first kappa shape index (κ1) is 22.1. The van der Waals surface area contributed by atoms with Crippen LogP contribution in [0, 0.1) is 17.8 Å². The van der Waals surface area contributed by atoms with Crippen molar-refractivity contribution in [2.75, 3.05) is 6.61 Å². The Morgan fingerprint density at radius 3 is 2.70 bits per heavy atom. The number of hydrogen-bond acceptors (Lipinski definition) is 5. The van der Waals surface area contributed by atoms with Gasteiger partial charge in [-0.3, -0.25) is 14.5 Å². The zero-order chi connectivity index (χ0) is 23.1. The molecule has 1 aromatic heterocycles. The van der Waals surface area contributed by atoms with Gasteiger partial charge in [-0.25, -0.2) is 0 Å². The minimum Gasteiger partial charge on any atom is -0.508 e. The fourth-order valence-corrected chi connectivity index (χ4v) is 6.39. The molecule has 0 saturated carbocycles. The third kappa shape index (κ3) is 4.18. The first-order valence-electron chi connectivity index (χ1n) is 11.6. The number of ether oxygens (including phenoxy) is 1. The first-order valence-corrected chi connectivity index (χ1v) is 12.4. The maximum Gasteiger partial charge on any atom is 0.234 e. The smallest absolute Gasteiger partial charge is 0.234 e. The van der Waals surface area contributed by atoms with Crippen LogP contribution in [-0.2, 0) is 20.9 Å².